The van der Waals surface area contributed by atoms with E-state index in [-0.39, 0.29) is 5.82 Å². The van der Waals surface area contributed by atoms with Gasteiger partial charge in [0.25, 0.3) is 0 Å². The fourth-order valence-electron chi connectivity index (χ4n) is 1.65. The second kappa shape index (κ2) is 6.16. The molecular weight excluding hydrogens is 215 g/mol. The van der Waals surface area contributed by atoms with Crippen molar-refractivity contribution >= 4 is 0 Å². The van der Waals surface area contributed by atoms with Crippen LogP contribution in [-0.4, -0.2) is 6.61 Å². The Morgan fingerprint density at radius 2 is 1.65 bits per heavy atom. The van der Waals surface area contributed by atoms with Gasteiger partial charge in [-0.2, -0.15) is 0 Å². The number of hydrogen-bond acceptors (Lipinski definition) is 1. The summed E-state index contributed by atoms with van der Waals surface area (Å²) in [6, 6.07) is 16.7. The molecule has 0 bridgehead atoms. The first-order chi connectivity index (χ1) is 8.34. The molecule has 0 N–H and O–H groups in total. The number of benzene rings is 2. The lowest BCUT2D eigenvalue weighted by molar-refractivity contribution is 0.123. The normalized spacial score (nSPS) is 10.4. The van der Waals surface area contributed by atoms with Gasteiger partial charge in [0, 0.05) is 0 Å². The van der Waals surface area contributed by atoms with Crippen LogP contribution in [0.1, 0.15) is 11.1 Å². The van der Waals surface area contributed by atoms with Gasteiger partial charge in [0.15, 0.2) is 0 Å². The van der Waals surface area contributed by atoms with Crippen molar-refractivity contribution in [1.82, 2.24) is 0 Å². The van der Waals surface area contributed by atoms with Gasteiger partial charge in [0.2, 0.25) is 0 Å². The molecule has 2 heteroatoms. The van der Waals surface area contributed by atoms with Crippen LogP contribution in [0.4, 0.5) is 4.39 Å². The lowest BCUT2D eigenvalue weighted by Crippen LogP contribution is -1.99. The van der Waals surface area contributed by atoms with Gasteiger partial charge in [-0.25, -0.2) is 4.39 Å². The third-order valence-corrected chi connectivity index (χ3v) is 2.54. The van der Waals surface area contributed by atoms with Gasteiger partial charge < -0.3 is 4.74 Å². The number of rotatable bonds is 5. The number of hydrogen-bond donors (Lipinski definition) is 0. The molecule has 0 atom stereocenters. The lowest BCUT2D eigenvalue weighted by atomic mass is 10.2. The minimum atomic E-state index is -0.214. The summed E-state index contributed by atoms with van der Waals surface area (Å²) in [5, 5.41) is 0. The van der Waals surface area contributed by atoms with Crippen molar-refractivity contribution < 1.29 is 9.13 Å². The molecule has 0 heterocycles. The molecule has 0 amide bonds. The molecule has 0 aliphatic rings. The molecule has 0 spiro atoms. The largest absolute Gasteiger partial charge is 0.376 e. The summed E-state index contributed by atoms with van der Waals surface area (Å²) in [6.45, 7) is 1.12. The minimum Gasteiger partial charge on any atom is -0.376 e. The molecule has 1 nitrogen and oxygen atoms in total. The fourth-order valence-corrected chi connectivity index (χ4v) is 1.65. The maximum atomic E-state index is 12.9. The maximum Gasteiger partial charge on any atom is 0.123 e. The van der Waals surface area contributed by atoms with E-state index in [0.717, 1.165) is 12.0 Å². The van der Waals surface area contributed by atoms with Crippen molar-refractivity contribution in [2.45, 2.75) is 13.0 Å². The minimum absolute atomic E-state index is 0.214. The molecule has 2 aromatic carbocycles. The standard InChI is InChI=1S/C15H15FO/c16-15-8-4-7-14(11-15)12-17-10-9-13-5-2-1-3-6-13/h1-8,11H,9-10,12H2. The van der Waals surface area contributed by atoms with E-state index >= 15 is 0 Å². The van der Waals surface area contributed by atoms with Crippen molar-refractivity contribution in [3.8, 4) is 0 Å². The molecule has 0 aliphatic heterocycles. The van der Waals surface area contributed by atoms with Gasteiger partial charge in [-0.1, -0.05) is 42.5 Å². The summed E-state index contributed by atoms with van der Waals surface area (Å²) < 4.78 is 18.4. The smallest absolute Gasteiger partial charge is 0.123 e. The Kier molecular flexibility index (Phi) is 4.28. The quantitative estimate of drug-likeness (QED) is 0.713. The summed E-state index contributed by atoms with van der Waals surface area (Å²) >= 11 is 0. The Balaban J connectivity index is 1.73. The summed E-state index contributed by atoms with van der Waals surface area (Å²) in [6.07, 6.45) is 0.885. The molecule has 0 saturated heterocycles. The van der Waals surface area contributed by atoms with Gasteiger partial charge >= 0.3 is 0 Å². The summed E-state index contributed by atoms with van der Waals surface area (Å²) in [7, 11) is 0. The van der Waals surface area contributed by atoms with E-state index in [9.17, 15) is 4.39 Å². The topological polar surface area (TPSA) is 9.23 Å². The van der Waals surface area contributed by atoms with Crippen LogP contribution >= 0.6 is 0 Å². The molecule has 0 fully saturated rings. The Morgan fingerprint density at radius 3 is 2.41 bits per heavy atom. The molecule has 2 rings (SSSR count). The maximum absolute atomic E-state index is 12.9. The highest BCUT2D eigenvalue weighted by molar-refractivity contribution is 5.16. The van der Waals surface area contributed by atoms with Crippen LogP contribution in [0.25, 0.3) is 0 Å². The van der Waals surface area contributed by atoms with E-state index in [1.54, 1.807) is 6.07 Å². The molecule has 0 saturated carbocycles. The van der Waals surface area contributed by atoms with Crippen molar-refractivity contribution in [2.75, 3.05) is 6.61 Å². The Hall–Kier alpha value is -1.67. The highest BCUT2D eigenvalue weighted by Gasteiger charge is 1.96. The summed E-state index contributed by atoms with van der Waals surface area (Å²) in [4.78, 5) is 0. The predicted octanol–water partition coefficient (Wildman–Crippen LogP) is 3.59. The second-order valence-corrected chi connectivity index (χ2v) is 3.92. The molecule has 2 aromatic rings. The van der Waals surface area contributed by atoms with Crippen LogP contribution in [0.15, 0.2) is 54.6 Å². The average Bonchev–Trinajstić information content (AvgIpc) is 2.36. The zero-order valence-corrected chi connectivity index (χ0v) is 9.60. The van der Waals surface area contributed by atoms with Gasteiger partial charge in [-0.05, 0) is 29.7 Å². The predicted molar refractivity (Wildman–Crippen MR) is 66.2 cm³/mol. The van der Waals surface area contributed by atoms with Crippen LogP contribution in [0, 0.1) is 5.82 Å². The van der Waals surface area contributed by atoms with Gasteiger partial charge in [0.1, 0.15) is 5.82 Å². The average molecular weight is 230 g/mol. The summed E-state index contributed by atoms with van der Waals surface area (Å²) in [5.41, 5.74) is 2.13. The van der Waals surface area contributed by atoms with Gasteiger partial charge in [-0.15, -0.1) is 0 Å². The van der Waals surface area contributed by atoms with E-state index in [2.05, 4.69) is 12.1 Å². The van der Waals surface area contributed by atoms with Crippen LogP contribution in [-0.2, 0) is 17.8 Å². The van der Waals surface area contributed by atoms with Crippen molar-refractivity contribution in [3.05, 3.63) is 71.5 Å². The molecule has 0 radical (unpaired) electrons. The van der Waals surface area contributed by atoms with Crippen molar-refractivity contribution in [2.24, 2.45) is 0 Å². The zero-order chi connectivity index (χ0) is 11.9. The Bertz CT molecular complexity index is 453. The molecule has 0 aliphatic carbocycles. The third-order valence-electron chi connectivity index (χ3n) is 2.54. The Labute approximate surface area is 101 Å². The van der Waals surface area contributed by atoms with Crippen molar-refractivity contribution in [3.63, 3.8) is 0 Å². The molecule has 0 unspecified atom stereocenters. The van der Waals surface area contributed by atoms with Gasteiger partial charge in [-0.3, -0.25) is 0 Å². The van der Waals surface area contributed by atoms with Crippen molar-refractivity contribution in [1.29, 1.82) is 0 Å². The number of halogens is 1. The fraction of sp³-hybridized carbons (Fsp3) is 0.200. The molecular formula is C15H15FO. The van der Waals surface area contributed by atoms with E-state index in [1.165, 1.54) is 17.7 Å². The lowest BCUT2D eigenvalue weighted by Gasteiger charge is -2.04. The first kappa shape index (κ1) is 11.8. The molecule has 0 aromatic heterocycles. The van der Waals surface area contributed by atoms with E-state index in [1.807, 2.05) is 24.3 Å². The first-order valence-electron chi connectivity index (χ1n) is 5.71. The van der Waals surface area contributed by atoms with Crippen LogP contribution in [0.5, 0.6) is 0 Å². The van der Waals surface area contributed by atoms with Crippen LogP contribution in [0.3, 0.4) is 0 Å². The second-order valence-electron chi connectivity index (χ2n) is 3.92. The van der Waals surface area contributed by atoms with E-state index < -0.39 is 0 Å². The first-order valence-corrected chi connectivity index (χ1v) is 5.71. The summed E-state index contributed by atoms with van der Waals surface area (Å²) in [5.74, 6) is -0.214. The van der Waals surface area contributed by atoms with E-state index in [0.29, 0.717) is 13.2 Å². The third kappa shape index (κ3) is 4.00. The van der Waals surface area contributed by atoms with E-state index in [4.69, 9.17) is 4.74 Å². The Morgan fingerprint density at radius 1 is 0.882 bits per heavy atom. The SMILES string of the molecule is Fc1cccc(COCCc2ccccc2)c1. The molecule has 88 valence electrons. The van der Waals surface area contributed by atoms with Crippen LogP contribution < -0.4 is 0 Å². The monoisotopic (exact) mass is 230 g/mol. The van der Waals surface area contributed by atoms with Gasteiger partial charge in [0.05, 0.1) is 13.2 Å². The highest BCUT2D eigenvalue weighted by atomic mass is 19.1. The highest BCUT2D eigenvalue weighted by Crippen LogP contribution is 2.06. The van der Waals surface area contributed by atoms with Crippen LogP contribution in [0.2, 0.25) is 0 Å². The number of ether oxygens (including phenoxy) is 1. The zero-order valence-electron chi connectivity index (χ0n) is 9.60. The molecule has 17 heavy (non-hydrogen) atoms.